The van der Waals surface area contributed by atoms with Gasteiger partial charge in [0.25, 0.3) is 0 Å². The van der Waals surface area contributed by atoms with E-state index in [1.54, 1.807) is 33.5 Å². The predicted molar refractivity (Wildman–Crippen MR) is 150 cm³/mol. The summed E-state index contributed by atoms with van der Waals surface area (Å²) in [5.74, 6) is 5.33. The van der Waals surface area contributed by atoms with Gasteiger partial charge < -0.3 is 32.5 Å². The maximum Gasteiger partial charge on any atom is 0.336 e. The van der Waals surface area contributed by atoms with Crippen LogP contribution in [-0.2, 0) is 0 Å². The molecule has 0 fully saturated rings. The van der Waals surface area contributed by atoms with Crippen LogP contribution < -0.4 is 29.3 Å². The van der Waals surface area contributed by atoms with Crippen LogP contribution in [0, 0.1) is 0 Å². The first-order chi connectivity index (χ1) is 19.4. The van der Waals surface area contributed by atoms with E-state index in [1.807, 2.05) is 50.2 Å². The van der Waals surface area contributed by atoms with E-state index in [0.29, 0.717) is 17.8 Å². The molecule has 0 radical (unpaired) electrons. The number of hydrogen-bond acceptors (Lipinski definition) is 8. The van der Waals surface area contributed by atoms with Crippen LogP contribution in [-0.4, -0.2) is 27.9 Å². The molecule has 0 saturated heterocycles. The van der Waals surface area contributed by atoms with Gasteiger partial charge in [-0.2, -0.15) is 0 Å². The van der Waals surface area contributed by atoms with E-state index in [2.05, 4.69) is 6.07 Å². The first-order valence-corrected chi connectivity index (χ1v) is 13.1. The topological polar surface area (TPSA) is 89.5 Å². The van der Waals surface area contributed by atoms with Crippen LogP contribution in [0.2, 0.25) is 0 Å². The van der Waals surface area contributed by atoms with Crippen molar-refractivity contribution in [2.75, 3.05) is 27.9 Å². The lowest BCUT2D eigenvalue weighted by atomic mass is 9.89. The van der Waals surface area contributed by atoms with Crippen molar-refractivity contribution < 1.29 is 32.5 Å². The molecule has 8 nitrogen and oxygen atoms in total. The van der Waals surface area contributed by atoms with E-state index in [1.165, 1.54) is 11.6 Å². The molecule has 5 aromatic rings. The molecule has 0 bridgehead atoms. The van der Waals surface area contributed by atoms with Gasteiger partial charge in [0.15, 0.2) is 5.75 Å². The van der Waals surface area contributed by atoms with Gasteiger partial charge in [-0.15, -0.1) is 0 Å². The molecule has 40 heavy (non-hydrogen) atoms. The first kappa shape index (κ1) is 25.7. The summed E-state index contributed by atoms with van der Waals surface area (Å²) >= 11 is 0. The molecule has 7 rings (SSSR count). The molecule has 0 saturated carbocycles. The van der Waals surface area contributed by atoms with E-state index in [-0.39, 0.29) is 23.6 Å². The standard InChI is InChI=1S/C17H16O4.C15H14O4/c1-18-10-4-6-13-15(7-10)20-9-14-12-5-3-11(19-2)8-16(12)21-17(13)14;1-8(2)14-15(17-3)10-6-9-4-5-13(16)18-11(9)7-12(10)19-14/h3-8,14,17H,9H2,1-2H3;4-8H,1-3H3. The Hall–Kier alpha value is -4.59. The quantitative estimate of drug-likeness (QED) is 0.225. The van der Waals surface area contributed by atoms with Crippen LogP contribution in [0.15, 0.2) is 74.3 Å². The van der Waals surface area contributed by atoms with Crippen LogP contribution in [0.1, 0.15) is 48.7 Å². The second-order valence-corrected chi connectivity index (χ2v) is 10.1. The number of rotatable bonds is 4. The summed E-state index contributed by atoms with van der Waals surface area (Å²) in [6.07, 6.45) is 0.00163. The van der Waals surface area contributed by atoms with Gasteiger partial charge in [0.05, 0.1) is 39.2 Å². The Balaban J connectivity index is 0.000000145. The molecule has 2 aromatic heterocycles. The van der Waals surface area contributed by atoms with Crippen LogP contribution in [0.4, 0.5) is 0 Å². The molecule has 2 aliphatic heterocycles. The zero-order chi connectivity index (χ0) is 28.0. The highest BCUT2D eigenvalue weighted by Gasteiger charge is 2.40. The predicted octanol–water partition coefficient (Wildman–Crippen LogP) is 6.98. The Morgan fingerprint density at radius 1 is 0.775 bits per heavy atom. The number of furan rings is 1. The minimum Gasteiger partial charge on any atom is -0.497 e. The van der Waals surface area contributed by atoms with E-state index in [4.69, 9.17) is 32.5 Å². The molecule has 3 aromatic carbocycles. The van der Waals surface area contributed by atoms with Gasteiger partial charge in [0.2, 0.25) is 0 Å². The fourth-order valence-corrected chi connectivity index (χ4v) is 5.32. The van der Waals surface area contributed by atoms with E-state index in [0.717, 1.165) is 50.8 Å². The van der Waals surface area contributed by atoms with Crippen molar-refractivity contribution in [3.05, 3.63) is 88.0 Å². The number of benzene rings is 3. The molecular weight excluding hydrogens is 512 g/mol. The number of hydrogen-bond donors (Lipinski definition) is 0. The molecule has 2 aliphatic rings. The second-order valence-electron chi connectivity index (χ2n) is 10.1. The maximum absolute atomic E-state index is 11.2. The molecule has 0 amide bonds. The van der Waals surface area contributed by atoms with Gasteiger partial charge in [-0.05, 0) is 30.3 Å². The Labute approximate surface area is 231 Å². The van der Waals surface area contributed by atoms with Crippen molar-refractivity contribution in [1.82, 2.24) is 0 Å². The third-order valence-electron chi connectivity index (χ3n) is 7.32. The zero-order valence-electron chi connectivity index (χ0n) is 23.0. The Bertz CT molecular complexity index is 1760. The van der Waals surface area contributed by atoms with E-state index < -0.39 is 0 Å². The van der Waals surface area contributed by atoms with Crippen LogP contribution in [0.5, 0.6) is 28.7 Å². The fourth-order valence-electron chi connectivity index (χ4n) is 5.32. The third kappa shape index (κ3) is 4.39. The van der Waals surface area contributed by atoms with E-state index >= 15 is 0 Å². The lowest BCUT2D eigenvalue weighted by Crippen LogP contribution is -2.23. The largest absolute Gasteiger partial charge is 0.497 e. The Morgan fingerprint density at radius 3 is 2.20 bits per heavy atom. The number of methoxy groups -OCH3 is 3. The van der Waals surface area contributed by atoms with Crippen molar-refractivity contribution in [3.8, 4) is 28.7 Å². The van der Waals surface area contributed by atoms with Crippen molar-refractivity contribution in [2.45, 2.75) is 31.8 Å². The zero-order valence-corrected chi connectivity index (χ0v) is 23.0. The fraction of sp³-hybridized carbons (Fsp3) is 0.281. The molecule has 2 atom stereocenters. The highest BCUT2D eigenvalue weighted by atomic mass is 16.5. The van der Waals surface area contributed by atoms with Crippen LogP contribution in [0.3, 0.4) is 0 Å². The van der Waals surface area contributed by atoms with Gasteiger partial charge in [0, 0.05) is 46.7 Å². The summed E-state index contributed by atoms with van der Waals surface area (Å²) in [5.41, 5.74) is 3.08. The van der Waals surface area contributed by atoms with Crippen molar-refractivity contribution >= 4 is 21.9 Å². The molecule has 206 valence electrons. The normalized spacial score (nSPS) is 16.8. The molecule has 0 N–H and O–H groups in total. The molecular formula is C32H30O8. The average molecular weight is 543 g/mol. The summed E-state index contributed by atoms with van der Waals surface area (Å²) in [5, 5.41) is 1.74. The number of ether oxygens (including phenoxy) is 5. The number of fused-ring (bicyclic) bond motifs is 7. The summed E-state index contributed by atoms with van der Waals surface area (Å²) in [6, 6.07) is 18.7. The minimum atomic E-state index is -0.366. The van der Waals surface area contributed by atoms with Crippen LogP contribution >= 0.6 is 0 Å². The lowest BCUT2D eigenvalue weighted by molar-refractivity contribution is 0.139. The Morgan fingerprint density at radius 2 is 1.50 bits per heavy atom. The monoisotopic (exact) mass is 542 g/mol. The first-order valence-electron chi connectivity index (χ1n) is 13.1. The van der Waals surface area contributed by atoms with E-state index in [9.17, 15) is 4.79 Å². The highest BCUT2D eigenvalue weighted by molar-refractivity contribution is 5.97. The van der Waals surface area contributed by atoms with Crippen molar-refractivity contribution in [2.24, 2.45) is 0 Å². The minimum absolute atomic E-state index is 0.00163. The summed E-state index contributed by atoms with van der Waals surface area (Å²) in [4.78, 5) is 11.2. The maximum atomic E-state index is 11.2. The van der Waals surface area contributed by atoms with Gasteiger partial charge in [-0.25, -0.2) is 4.79 Å². The Kier molecular flexibility index (Phi) is 6.54. The van der Waals surface area contributed by atoms with Gasteiger partial charge in [-0.3, -0.25) is 0 Å². The molecule has 4 heterocycles. The molecule has 0 aliphatic carbocycles. The molecule has 2 unspecified atom stereocenters. The smallest absolute Gasteiger partial charge is 0.336 e. The van der Waals surface area contributed by atoms with Gasteiger partial charge >= 0.3 is 5.63 Å². The van der Waals surface area contributed by atoms with Crippen molar-refractivity contribution in [3.63, 3.8) is 0 Å². The average Bonchev–Trinajstić information content (AvgIpc) is 3.53. The summed E-state index contributed by atoms with van der Waals surface area (Å²) < 4.78 is 39.0. The lowest BCUT2D eigenvalue weighted by Gasteiger charge is -2.28. The molecule has 0 spiro atoms. The van der Waals surface area contributed by atoms with Crippen LogP contribution in [0.25, 0.3) is 21.9 Å². The van der Waals surface area contributed by atoms with Gasteiger partial charge in [-0.1, -0.05) is 19.9 Å². The third-order valence-corrected chi connectivity index (χ3v) is 7.32. The summed E-state index contributed by atoms with van der Waals surface area (Å²) in [6.45, 7) is 4.70. The second kappa shape index (κ2) is 10.2. The highest BCUT2D eigenvalue weighted by Crippen LogP contribution is 2.52. The SMILES string of the molecule is COc1c(C(C)C)oc2cc3oc(=O)ccc3cc12.COc1ccc2c(c1)OC1c3ccc(OC)cc3OCC21. The summed E-state index contributed by atoms with van der Waals surface area (Å²) in [7, 11) is 4.95. The molecule has 8 heteroatoms. The van der Waals surface area contributed by atoms with Crippen molar-refractivity contribution in [1.29, 1.82) is 0 Å². The van der Waals surface area contributed by atoms with Gasteiger partial charge in [0.1, 0.15) is 46.0 Å².